The zero-order valence-electron chi connectivity index (χ0n) is 17.8. The van der Waals surface area contributed by atoms with Gasteiger partial charge in [-0.2, -0.15) is 10.1 Å². The van der Waals surface area contributed by atoms with E-state index in [9.17, 15) is 4.79 Å². The number of aromatic amines is 1. The lowest BCUT2D eigenvalue weighted by molar-refractivity contribution is -0.129. The van der Waals surface area contributed by atoms with Gasteiger partial charge in [-0.1, -0.05) is 13.8 Å². The van der Waals surface area contributed by atoms with Crippen LogP contribution >= 0.6 is 0 Å². The molecule has 29 heavy (non-hydrogen) atoms. The molecule has 3 heterocycles. The van der Waals surface area contributed by atoms with E-state index in [1.165, 1.54) is 5.56 Å². The summed E-state index contributed by atoms with van der Waals surface area (Å²) < 4.78 is 0. The average molecular weight is 398 g/mol. The van der Waals surface area contributed by atoms with Crippen molar-refractivity contribution in [3.8, 4) is 0 Å². The van der Waals surface area contributed by atoms with Crippen LogP contribution < -0.4 is 10.2 Å². The van der Waals surface area contributed by atoms with Gasteiger partial charge < -0.3 is 15.1 Å². The number of nitrogens with one attached hydrogen (secondary N) is 2. The Balaban J connectivity index is 1.68. The zero-order chi connectivity index (χ0) is 20.5. The van der Waals surface area contributed by atoms with E-state index in [0.29, 0.717) is 11.9 Å². The third kappa shape index (κ3) is 3.93. The van der Waals surface area contributed by atoms with Crippen molar-refractivity contribution in [3.63, 3.8) is 0 Å². The maximum Gasteiger partial charge on any atom is 0.244 e. The maximum atomic E-state index is 12.7. The first kappa shape index (κ1) is 19.7. The van der Waals surface area contributed by atoms with E-state index in [-0.39, 0.29) is 11.9 Å². The highest BCUT2D eigenvalue weighted by Crippen LogP contribution is 2.32. The van der Waals surface area contributed by atoms with E-state index in [4.69, 9.17) is 9.97 Å². The molecule has 1 aliphatic carbocycles. The number of aromatic nitrogens is 4. The zero-order valence-corrected chi connectivity index (χ0v) is 17.8. The van der Waals surface area contributed by atoms with Gasteiger partial charge in [-0.25, -0.2) is 4.98 Å². The number of hydrogen-bond donors (Lipinski definition) is 2. The summed E-state index contributed by atoms with van der Waals surface area (Å²) in [5.41, 5.74) is 3.38. The van der Waals surface area contributed by atoms with Crippen LogP contribution in [0.2, 0.25) is 0 Å². The predicted octanol–water partition coefficient (Wildman–Crippen LogP) is 3.00. The fourth-order valence-electron chi connectivity index (χ4n) is 4.19. The molecule has 0 saturated carbocycles. The molecular weight excluding hydrogens is 366 g/mol. The van der Waals surface area contributed by atoms with Crippen LogP contribution in [0, 0.1) is 0 Å². The van der Waals surface area contributed by atoms with Gasteiger partial charge in [0.2, 0.25) is 11.9 Å². The first-order valence-corrected chi connectivity index (χ1v) is 10.6. The summed E-state index contributed by atoms with van der Waals surface area (Å²) in [5, 5.41) is 10.9. The highest BCUT2D eigenvalue weighted by molar-refractivity contribution is 5.85. The van der Waals surface area contributed by atoms with Gasteiger partial charge in [-0.3, -0.25) is 9.89 Å². The average Bonchev–Trinajstić information content (AvgIpc) is 3.37. The van der Waals surface area contributed by atoms with Crippen LogP contribution in [0.25, 0.3) is 0 Å². The molecule has 4 rings (SSSR count). The minimum Gasteiger partial charge on any atom is -0.347 e. The number of likely N-dealkylation sites (N-methyl/N-ethyl adjacent to an activating group) is 1. The Kier molecular flexibility index (Phi) is 5.43. The summed E-state index contributed by atoms with van der Waals surface area (Å²) in [4.78, 5) is 26.2. The van der Waals surface area contributed by atoms with Crippen LogP contribution in [-0.4, -0.2) is 57.7 Å². The molecule has 8 heteroatoms. The minimum absolute atomic E-state index is 0.118. The first-order valence-electron chi connectivity index (χ1n) is 10.6. The van der Waals surface area contributed by atoms with Gasteiger partial charge in [0.15, 0.2) is 5.82 Å². The lowest BCUT2D eigenvalue weighted by Crippen LogP contribution is -2.43. The molecule has 2 aromatic rings. The maximum absolute atomic E-state index is 12.7. The van der Waals surface area contributed by atoms with E-state index in [1.54, 1.807) is 4.90 Å². The summed E-state index contributed by atoms with van der Waals surface area (Å²) in [6.07, 6.45) is 6.04. The lowest BCUT2D eigenvalue weighted by atomic mass is 9.96. The molecule has 8 nitrogen and oxygen atoms in total. The number of nitrogens with zero attached hydrogens (tertiary/aromatic N) is 5. The molecule has 1 fully saturated rings. The van der Waals surface area contributed by atoms with Crippen molar-refractivity contribution in [1.82, 2.24) is 25.1 Å². The van der Waals surface area contributed by atoms with Crippen molar-refractivity contribution in [1.29, 1.82) is 0 Å². The molecule has 156 valence electrons. The number of H-pyrrole nitrogens is 1. The molecule has 1 atom stereocenters. The van der Waals surface area contributed by atoms with Crippen LogP contribution in [0.3, 0.4) is 0 Å². The van der Waals surface area contributed by atoms with E-state index >= 15 is 0 Å². The Morgan fingerprint density at radius 1 is 1.24 bits per heavy atom. The van der Waals surface area contributed by atoms with Gasteiger partial charge in [-0.15, -0.1) is 0 Å². The molecule has 1 unspecified atom stereocenters. The smallest absolute Gasteiger partial charge is 0.244 e. The molecule has 0 aromatic carbocycles. The summed E-state index contributed by atoms with van der Waals surface area (Å²) >= 11 is 0. The van der Waals surface area contributed by atoms with Crippen molar-refractivity contribution in [2.75, 3.05) is 30.9 Å². The highest BCUT2D eigenvalue weighted by Gasteiger charge is 2.34. The molecule has 2 aromatic heterocycles. The Bertz CT molecular complexity index is 889. The fourth-order valence-corrected chi connectivity index (χ4v) is 4.19. The van der Waals surface area contributed by atoms with Crippen LogP contribution in [-0.2, 0) is 17.6 Å². The predicted molar refractivity (Wildman–Crippen MR) is 114 cm³/mol. The molecular formula is C21H31N7O. The Morgan fingerprint density at radius 2 is 2.03 bits per heavy atom. The fraction of sp³-hybridized carbons (Fsp3) is 0.619. The number of carbonyl (C=O) groups excluding carboxylic acids is 1. The number of aryl methyl sites for hydroxylation is 1. The molecule has 2 N–H and O–H groups in total. The van der Waals surface area contributed by atoms with Crippen LogP contribution in [0.1, 0.15) is 62.4 Å². The summed E-state index contributed by atoms with van der Waals surface area (Å²) in [6, 6.07) is 1.85. The molecule has 2 aliphatic rings. The van der Waals surface area contributed by atoms with Crippen LogP contribution in [0.15, 0.2) is 6.07 Å². The molecule has 1 saturated heterocycles. The number of amides is 1. The largest absolute Gasteiger partial charge is 0.347 e. The van der Waals surface area contributed by atoms with E-state index in [2.05, 4.69) is 34.3 Å². The highest BCUT2D eigenvalue weighted by atomic mass is 16.2. The van der Waals surface area contributed by atoms with Crippen molar-refractivity contribution in [2.45, 2.75) is 64.3 Å². The van der Waals surface area contributed by atoms with Gasteiger partial charge >= 0.3 is 0 Å². The summed E-state index contributed by atoms with van der Waals surface area (Å²) in [6.45, 7) is 5.08. The van der Waals surface area contributed by atoms with E-state index < -0.39 is 0 Å². The van der Waals surface area contributed by atoms with Crippen molar-refractivity contribution in [3.05, 3.63) is 23.0 Å². The Hall–Kier alpha value is -2.64. The number of carbonyl (C=O) groups is 1. The normalized spacial score (nSPS) is 18.8. The Labute approximate surface area is 172 Å². The topological polar surface area (TPSA) is 90.0 Å². The second kappa shape index (κ2) is 8.00. The van der Waals surface area contributed by atoms with Gasteiger partial charge in [0.05, 0.1) is 5.69 Å². The second-order valence-corrected chi connectivity index (χ2v) is 8.58. The monoisotopic (exact) mass is 397 g/mol. The third-order valence-corrected chi connectivity index (χ3v) is 5.87. The van der Waals surface area contributed by atoms with Gasteiger partial charge in [0.1, 0.15) is 11.9 Å². The molecule has 1 aliphatic heterocycles. The van der Waals surface area contributed by atoms with Crippen LogP contribution in [0.5, 0.6) is 0 Å². The second-order valence-electron chi connectivity index (χ2n) is 8.58. The molecule has 0 bridgehead atoms. The standard InChI is InChI=1S/C21H31N7O/c1-13(2)16-12-18(26-25-16)23-19-14-8-5-6-9-15(14)22-21(24-19)28-11-7-10-17(28)20(29)27(3)4/h12-13,17H,5-11H2,1-4H3,(H2,22,23,24,25,26). The first-order chi connectivity index (χ1) is 13.9. The molecule has 0 spiro atoms. The van der Waals surface area contributed by atoms with E-state index in [1.807, 2.05) is 20.2 Å². The third-order valence-electron chi connectivity index (χ3n) is 5.87. The molecule has 1 amide bonds. The Morgan fingerprint density at radius 3 is 2.76 bits per heavy atom. The van der Waals surface area contributed by atoms with Gasteiger partial charge in [0.25, 0.3) is 0 Å². The van der Waals surface area contributed by atoms with E-state index in [0.717, 1.165) is 68.1 Å². The van der Waals surface area contributed by atoms with Crippen molar-refractivity contribution < 1.29 is 4.79 Å². The number of hydrogen-bond acceptors (Lipinski definition) is 6. The number of fused-ring (bicyclic) bond motifs is 1. The van der Waals surface area contributed by atoms with Gasteiger partial charge in [0, 0.05) is 38.0 Å². The summed E-state index contributed by atoms with van der Waals surface area (Å²) in [5.74, 6) is 2.76. The van der Waals surface area contributed by atoms with Crippen molar-refractivity contribution >= 4 is 23.5 Å². The number of anilines is 3. The lowest BCUT2D eigenvalue weighted by Gasteiger charge is -2.28. The van der Waals surface area contributed by atoms with Gasteiger partial charge in [-0.05, 0) is 44.4 Å². The minimum atomic E-state index is -0.183. The quantitative estimate of drug-likeness (QED) is 0.806. The van der Waals surface area contributed by atoms with Crippen molar-refractivity contribution in [2.24, 2.45) is 0 Å². The number of rotatable bonds is 5. The van der Waals surface area contributed by atoms with Crippen LogP contribution in [0.4, 0.5) is 17.6 Å². The molecule has 0 radical (unpaired) electrons. The summed E-state index contributed by atoms with van der Waals surface area (Å²) in [7, 11) is 3.62. The SMILES string of the molecule is CC(C)c1cc(Nc2nc(N3CCCC3C(=O)N(C)C)nc3c2CCCC3)n[nH]1.